The summed E-state index contributed by atoms with van der Waals surface area (Å²) in [5.41, 5.74) is 2.52. The minimum absolute atomic E-state index is 0. The molecule has 1 aliphatic heterocycles. The average Bonchev–Trinajstić information content (AvgIpc) is 2.76. The van der Waals surface area contributed by atoms with Crippen molar-refractivity contribution >= 4 is 12.4 Å². The molecule has 2 aromatic rings. The Morgan fingerprint density at radius 1 is 0.800 bits per heavy atom. The van der Waals surface area contributed by atoms with Gasteiger partial charge in [0.15, 0.2) is 0 Å². The first-order valence-corrected chi connectivity index (χ1v) is 10.7. The number of nitrogens with one attached hydrogen (secondary N) is 1. The monoisotopic (exact) mass is 438 g/mol. The van der Waals surface area contributed by atoms with Gasteiger partial charge in [-0.05, 0) is 47.6 Å². The van der Waals surface area contributed by atoms with E-state index in [1.54, 1.807) is 12.1 Å². The Labute approximate surface area is 183 Å². The Morgan fingerprint density at radius 2 is 1.33 bits per heavy atom. The third-order valence-corrected chi connectivity index (χ3v) is 6.44. The fourth-order valence-electron chi connectivity index (χ4n) is 4.92. The first-order chi connectivity index (χ1) is 14.0. The van der Waals surface area contributed by atoms with Gasteiger partial charge in [0.25, 0.3) is 0 Å². The van der Waals surface area contributed by atoms with Crippen LogP contribution < -0.4 is 5.32 Å². The van der Waals surface area contributed by atoms with Crippen LogP contribution in [0.1, 0.15) is 49.3 Å². The van der Waals surface area contributed by atoms with Gasteiger partial charge in [-0.3, -0.25) is 4.90 Å². The Hall–Kier alpha value is -1.56. The van der Waals surface area contributed by atoms with Gasteiger partial charge in [0.1, 0.15) is 0 Å². The molecule has 1 atom stereocenters. The number of hydrogen-bond donors (Lipinski definition) is 1. The second-order valence-electron chi connectivity index (χ2n) is 8.33. The lowest BCUT2D eigenvalue weighted by Gasteiger charge is -2.41. The summed E-state index contributed by atoms with van der Waals surface area (Å²) in [4.78, 5) is 2.62. The molecule has 6 heteroatoms. The topological polar surface area (TPSA) is 15.3 Å². The maximum atomic E-state index is 12.8. The first kappa shape index (κ1) is 23.1. The Balaban J connectivity index is 0.00000256. The minimum atomic E-state index is -4.29. The molecule has 1 heterocycles. The zero-order chi connectivity index (χ0) is 20.3. The predicted molar refractivity (Wildman–Crippen MR) is 118 cm³/mol. The van der Waals surface area contributed by atoms with Crippen molar-refractivity contribution in [3.8, 4) is 11.1 Å². The third kappa shape index (κ3) is 5.37. The Morgan fingerprint density at radius 3 is 1.87 bits per heavy atom. The fourth-order valence-corrected chi connectivity index (χ4v) is 4.92. The number of rotatable bonds is 4. The van der Waals surface area contributed by atoms with Crippen LogP contribution in [0.5, 0.6) is 0 Å². The van der Waals surface area contributed by atoms with E-state index in [0.29, 0.717) is 12.0 Å². The van der Waals surface area contributed by atoms with E-state index in [1.807, 2.05) is 0 Å². The molecule has 1 saturated carbocycles. The first-order valence-electron chi connectivity index (χ1n) is 10.7. The van der Waals surface area contributed by atoms with Crippen LogP contribution in [0.2, 0.25) is 0 Å². The molecule has 0 amide bonds. The van der Waals surface area contributed by atoms with Gasteiger partial charge in [0.05, 0.1) is 5.56 Å². The Kier molecular flexibility index (Phi) is 7.83. The van der Waals surface area contributed by atoms with Gasteiger partial charge in [-0.1, -0.05) is 55.7 Å². The minimum Gasteiger partial charge on any atom is -0.314 e. The van der Waals surface area contributed by atoms with Crippen LogP contribution in [-0.4, -0.2) is 31.1 Å². The number of halogens is 4. The molecule has 0 radical (unpaired) electrons. The number of piperazine rings is 1. The third-order valence-electron chi connectivity index (χ3n) is 6.44. The zero-order valence-corrected chi connectivity index (χ0v) is 17.9. The normalized spacial score (nSPS) is 19.8. The second-order valence-corrected chi connectivity index (χ2v) is 8.33. The van der Waals surface area contributed by atoms with Crippen molar-refractivity contribution in [1.29, 1.82) is 0 Å². The van der Waals surface area contributed by atoms with Crippen molar-refractivity contribution in [2.75, 3.05) is 26.2 Å². The van der Waals surface area contributed by atoms with Crippen molar-refractivity contribution in [1.82, 2.24) is 10.2 Å². The van der Waals surface area contributed by atoms with Crippen molar-refractivity contribution in [3.63, 3.8) is 0 Å². The molecular weight excluding hydrogens is 409 g/mol. The number of alkyl halides is 3. The quantitative estimate of drug-likeness (QED) is 0.600. The van der Waals surface area contributed by atoms with E-state index >= 15 is 0 Å². The van der Waals surface area contributed by atoms with E-state index in [0.717, 1.165) is 49.4 Å². The molecule has 2 aliphatic rings. The molecule has 2 aromatic carbocycles. The standard InChI is InChI=1S/C24H29F3N2.ClH/c25-24(26,27)22-12-10-19(11-13-22)18-6-8-21(9-7-18)23(20-4-2-1-3-5-20)29-16-14-28-15-17-29;/h6-13,20,23,28H,1-5,14-17H2;1H/t23-;/m0./s1. The van der Waals surface area contributed by atoms with E-state index in [9.17, 15) is 13.2 Å². The summed E-state index contributed by atoms with van der Waals surface area (Å²) >= 11 is 0. The van der Waals surface area contributed by atoms with Crippen LogP contribution in [0.4, 0.5) is 13.2 Å². The molecular formula is C24H30ClF3N2. The van der Waals surface area contributed by atoms with E-state index in [2.05, 4.69) is 34.5 Å². The highest BCUT2D eigenvalue weighted by Gasteiger charge is 2.31. The molecule has 0 unspecified atom stereocenters. The second kappa shape index (κ2) is 10.2. The lowest BCUT2D eigenvalue weighted by molar-refractivity contribution is -0.137. The van der Waals surface area contributed by atoms with Crippen LogP contribution >= 0.6 is 12.4 Å². The summed E-state index contributed by atoms with van der Waals surface area (Å²) in [5.74, 6) is 0.693. The summed E-state index contributed by atoms with van der Waals surface area (Å²) in [6.45, 7) is 4.21. The molecule has 30 heavy (non-hydrogen) atoms. The highest BCUT2D eigenvalue weighted by Crippen LogP contribution is 2.39. The number of nitrogens with zero attached hydrogens (tertiary/aromatic N) is 1. The van der Waals surface area contributed by atoms with E-state index < -0.39 is 11.7 Å². The van der Waals surface area contributed by atoms with Gasteiger partial charge < -0.3 is 5.32 Å². The van der Waals surface area contributed by atoms with Gasteiger partial charge in [-0.2, -0.15) is 13.2 Å². The summed E-state index contributed by atoms with van der Waals surface area (Å²) in [5, 5.41) is 3.45. The van der Waals surface area contributed by atoms with Gasteiger partial charge in [-0.25, -0.2) is 0 Å². The molecule has 2 nitrogen and oxygen atoms in total. The predicted octanol–water partition coefficient (Wildman–Crippen LogP) is 6.32. The van der Waals surface area contributed by atoms with Crippen LogP contribution in [0.25, 0.3) is 11.1 Å². The molecule has 1 N–H and O–H groups in total. The highest BCUT2D eigenvalue weighted by molar-refractivity contribution is 5.85. The highest BCUT2D eigenvalue weighted by atomic mass is 35.5. The summed E-state index contributed by atoms with van der Waals surface area (Å²) in [6.07, 6.45) is 2.26. The zero-order valence-electron chi connectivity index (χ0n) is 17.1. The average molecular weight is 439 g/mol. The fraction of sp³-hybridized carbons (Fsp3) is 0.500. The van der Waals surface area contributed by atoms with Gasteiger partial charge in [0, 0.05) is 32.2 Å². The van der Waals surface area contributed by atoms with E-state index in [1.165, 1.54) is 37.7 Å². The maximum absolute atomic E-state index is 12.8. The molecule has 1 saturated heterocycles. The molecule has 0 spiro atoms. The van der Waals surface area contributed by atoms with Crippen LogP contribution in [0.15, 0.2) is 48.5 Å². The van der Waals surface area contributed by atoms with Gasteiger partial charge in [0.2, 0.25) is 0 Å². The lowest BCUT2D eigenvalue weighted by atomic mass is 9.80. The van der Waals surface area contributed by atoms with Crippen LogP contribution in [-0.2, 0) is 6.18 Å². The van der Waals surface area contributed by atoms with Crippen molar-refractivity contribution in [2.45, 2.75) is 44.3 Å². The molecule has 2 fully saturated rings. The van der Waals surface area contributed by atoms with Gasteiger partial charge in [-0.15, -0.1) is 12.4 Å². The summed E-state index contributed by atoms with van der Waals surface area (Å²) in [6, 6.07) is 14.4. The van der Waals surface area contributed by atoms with Crippen molar-refractivity contribution < 1.29 is 13.2 Å². The molecule has 164 valence electrons. The maximum Gasteiger partial charge on any atom is 0.416 e. The molecule has 0 aromatic heterocycles. The smallest absolute Gasteiger partial charge is 0.314 e. The number of benzene rings is 2. The molecule has 1 aliphatic carbocycles. The largest absolute Gasteiger partial charge is 0.416 e. The summed E-state index contributed by atoms with van der Waals surface area (Å²) < 4.78 is 38.4. The Bertz CT molecular complexity index is 760. The summed E-state index contributed by atoms with van der Waals surface area (Å²) in [7, 11) is 0. The lowest BCUT2D eigenvalue weighted by Crippen LogP contribution is -2.47. The van der Waals surface area contributed by atoms with Crippen LogP contribution in [0, 0.1) is 5.92 Å². The number of hydrogen-bond acceptors (Lipinski definition) is 2. The molecule has 0 bridgehead atoms. The van der Waals surface area contributed by atoms with Crippen LogP contribution in [0.3, 0.4) is 0 Å². The van der Waals surface area contributed by atoms with Crippen molar-refractivity contribution in [2.24, 2.45) is 5.92 Å². The van der Waals surface area contributed by atoms with E-state index in [4.69, 9.17) is 0 Å². The van der Waals surface area contributed by atoms with E-state index in [-0.39, 0.29) is 12.4 Å². The molecule has 4 rings (SSSR count). The van der Waals surface area contributed by atoms with Gasteiger partial charge >= 0.3 is 6.18 Å². The van der Waals surface area contributed by atoms with Crippen molar-refractivity contribution in [3.05, 3.63) is 59.7 Å². The SMILES string of the molecule is Cl.FC(F)(F)c1ccc(-c2ccc([C@H](C3CCCCC3)N3CCNCC3)cc2)cc1.